The summed E-state index contributed by atoms with van der Waals surface area (Å²) < 4.78 is 11.2. The van der Waals surface area contributed by atoms with Crippen LogP contribution >= 0.6 is 0 Å². The zero-order valence-corrected chi connectivity index (χ0v) is 20.6. The van der Waals surface area contributed by atoms with Crippen LogP contribution in [-0.2, 0) is 11.3 Å². The predicted molar refractivity (Wildman–Crippen MR) is 136 cm³/mol. The third kappa shape index (κ3) is 4.36. The minimum atomic E-state index is 0.00758. The number of aryl methyl sites for hydroxylation is 1. The van der Waals surface area contributed by atoms with E-state index in [0.717, 1.165) is 67.0 Å². The van der Waals surface area contributed by atoms with Gasteiger partial charge >= 0.3 is 0 Å². The molecule has 0 bridgehead atoms. The van der Waals surface area contributed by atoms with Crippen LogP contribution in [0.25, 0.3) is 22.4 Å². The molecule has 0 spiro atoms. The van der Waals surface area contributed by atoms with Crippen LogP contribution in [0.15, 0.2) is 57.9 Å². The predicted octanol–water partition coefficient (Wildman–Crippen LogP) is 5.37. The molecule has 6 rings (SSSR count). The van der Waals surface area contributed by atoms with Gasteiger partial charge < -0.3 is 18.7 Å². The standard InChI is InChI=1S/C28H31N5O3/c1-19-8-10-20(11-9-19)25-24-26(29-18-30-27(24)36-31-25)32-14-12-21(13-15-32)28(34)33(22-5-2-3-6-22)17-23-7-4-16-35-23/h4,7-11,16,18,21-22H,2-3,5-6,12-15,17H2,1H3. The number of nitrogens with zero attached hydrogens (tertiary/aromatic N) is 5. The highest BCUT2D eigenvalue weighted by Gasteiger charge is 2.34. The molecule has 0 unspecified atom stereocenters. The van der Waals surface area contributed by atoms with Crippen LogP contribution < -0.4 is 4.90 Å². The van der Waals surface area contributed by atoms with E-state index in [-0.39, 0.29) is 11.8 Å². The van der Waals surface area contributed by atoms with E-state index >= 15 is 0 Å². The molecule has 36 heavy (non-hydrogen) atoms. The van der Waals surface area contributed by atoms with Crippen molar-refractivity contribution < 1.29 is 13.7 Å². The molecule has 1 saturated carbocycles. The smallest absolute Gasteiger partial charge is 0.263 e. The molecule has 0 atom stereocenters. The van der Waals surface area contributed by atoms with E-state index in [1.807, 2.05) is 24.3 Å². The van der Waals surface area contributed by atoms with Gasteiger partial charge in [-0.15, -0.1) is 0 Å². The summed E-state index contributed by atoms with van der Waals surface area (Å²) in [4.78, 5) is 27.0. The van der Waals surface area contributed by atoms with E-state index in [9.17, 15) is 4.79 Å². The van der Waals surface area contributed by atoms with E-state index < -0.39 is 0 Å². The fourth-order valence-electron chi connectivity index (χ4n) is 5.67. The van der Waals surface area contributed by atoms with Crippen LogP contribution in [-0.4, -0.2) is 45.1 Å². The second kappa shape index (κ2) is 9.76. The molecule has 1 amide bonds. The van der Waals surface area contributed by atoms with Crippen molar-refractivity contribution in [3.63, 3.8) is 0 Å². The molecule has 3 aromatic heterocycles. The summed E-state index contributed by atoms with van der Waals surface area (Å²) in [5.74, 6) is 1.95. The maximum Gasteiger partial charge on any atom is 0.263 e. The van der Waals surface area contributed by atoms with Crippen LogP contribution in [0, 0.1) is 12.8 Å². The Balaban J connectivity index is 1.21. The molecule has 186 valence electrons. The van der Waals surface area contributed by atoms with Crippen LogP contribution in [0.2, 0.25) is 0 Å². The van der Waals surface area contributed by atoms with Gasteiger partial charge in [0.15, 0.2) is 0 Å². The number of anilines is 1. The molecule has 1 aliphatic heterocycles. The van der Waals surface area contributed by atoms with Crippen molar-refractivity contribution in [3.05, 3.63) is 60.3 Å². The molecule has 1 saturated heterocycles. The molecule has 8 nitrogen and oxygen atoms in total. The number of fused-ring (bicyclic) bond motifs is 1. The van der Waals surface area contributed by atoms with Gasteiger partial charge in [-0.3, -0.25) is 4.79 Å². The lowest BCUT2D eigenvalue weighted by molar-refractivity contribution is -0.139. The summed E-state index contributed by atoms with van der Waals surface area (Å²) >= 11 is 0. The van der Waals surface area contributed by atoms with Gasteiger partial charge in [-0.25, -0.2) is 4.98 Å². The van der Waals surface area contributed by atoms with Crippen molar-refractivity contribution in [2.24, 2.45) is 5.92 Å². The molecule has 8 heteroatoms. The maximum absolute atomic E-state index is 13.7. The monoisotopic (exact) mass is 485 g/mol. The minimum Gasteiger partial charge on any atom is -0.467 e. The first-order chi connectivity index (χ1) is 17.7. The summed E-state index contributed by atoms with van der Waals surface area (Å²) in [6, 6.07) is 12.4. The Morgan fingerprint density at radius 3 is 2.56 bits per heavy atom. The van der Waals surface area contributed by atoms with Gasteiger partial charge in [-0.2, -0.15) is 4.98 Å². The molecule has 4 heterocycles. The molecule has 0 N–H and O–H groups in total. The van der Waals surface area contributed by atoms with E-state index in [1.165, 1.54) is 24.7 Å². The van der Waals surface area contributed by atoms with Crippen molar-refractivity contribution in [2.45, 2.75) is 58.0 Å². The summed E-state index contributed by atoms with van der Waals surface area (Å²) in [7, 11) is 0. The van der Waals surface area contributed by atoms with Gasteiger partial charge in [-0.1, -0.05) is 47.8 Å². The lowest BCUT2D eigenvalue weighted by Gasteiger charge is -2.36. The summed E-state index contributed by atoms with van der Waals surface area (Å²) in [6.07, 6.45) is 9.34. The Labute approximate surface area is 210 Å². The Morgan fingerprint density at radius 1 is 1.06 bits per heavy atom. The van der Waals surface area contributed by atoms with Gasteiger partial charge in [0.2, 0.25) is 5.91 Å². The Bertz CT molecular complexity index is 1320. The number of hydrogen-bond donors (Lipinski definition) is 0. The summed E-state index contributed by atoms with van der Waals surface area (Å²) in [5.41, 5.74) is 3.41. The van der Waals surface area contributed by atoms with Crippen LogP contribution in [0.3, 0.4) is 0 Å². The molecule has 2 aliphatic rings. The number of carbonyl (C=O) groups excluding carboxylic acids is 1. The zero-order chi connectivity index (χ0) is 24.5. The highest BCUT2D eigenvalue weighted by Crippen LogP contribution is 2.36. The number of aromatic nitrogens is 3. The fraction of sp³-hybridized carbons (Fsp3) is 0.429. The third-order valence-corrected chi connectivity index (χ3v) is 7.68. The number of benzene rings is 1. The van der Waals surface area contributed by atoms with Crippen LogP contribution in [0.5, 0.6) is 0 Å². The van der Waals surface area contributed by atoms with E-state index in [4.69, 9.17) is 8.94 Å². The number of carbonyl (C=O) groups is 1. The first-order valence-electron chi connectivity index (χ1n) is 12.9. The van der Waals surface area contributed by atoms with Crippen molar-refractivity contribution in [3.8, 4) is 11.3 Å². The number of piperidine rings is 1. The Morgan fingerprint density at radius 2 is 1.83 bits per heavy atom. The largest absolute Gasteiger partial charge is 0.467 e. The Kier molecular flexibility index (Phi) is 6.17. The van der Waals surface area contributed by atoms with Crippen molar-refractivity contribution >= 4 is 22.8 Å². The molecule has 4 aromatic rings. The minimum absolute atomic E-state index is 0.00758. The number of rotatable bonds is 6. The second-order valence-electron chi connectivity index (χ2n) is 10.0. The quantitative estimate of drug-likeness (QED) is 0.362. The van der Waals surface area contributed by atoms with E-state index in [0.29, 0.717) is 18.3 Å². The zero-order valence-electron chi connectivity index (χ0n) is 20.6. The average molecular weight is 486 g/mol. The van der Waals surface area contributed by atoms with Crippen LogP contribution in [0.4, 0.5) is 5.82 Å². The first-order valence-corrected chi connectivity index (χ1v) is 12.9. The molecule has 1 aromatic carbocycles. The number of amides is 1. The lowest BCUT2D eigenvalue weighted by atomic mass is 9.94. The molecule has 1 aliphatic carbocycles. The molecule has 2 fully saturated rings. The summed E-state index contributed by atoms with van der Waals surface area (Å²) in [5, 5.41) is 5.15. The lowest BCUT2D eigenvalue weighted by Crippen LogP contribution is -2.45. The average Bonchev–Trinajstić information content (AvgIpc) is 3.70. The maximum atomic E-state index is 13.7. The van der Waals surface area contributed by atoms with Gasteiger partial charge in [0.1, 0.15) is 29.0 Å². The molecular weight excluding hydrogens is 454 g/mol. The summed E-state index contributed by atoms with van der Waals surface area (Å²) in [6.45, 7) is 4.12. The Hall–Kier alpha value is -3.68. The normalized spacial score (nSPS) is 17.2. The van der Waals surface area contributed by atoms with Crippen molar-refractivity contribution in [2.75, 3.05) is 18.0 Å². The molecule has 0 radical (unpaired) electrons. The third-order valence-electron chi connectivity index (χ3n) is 7.68. The van der Waals surface area contributed by atoms with Gasteiger partial charge in [-0.05, 0) is 44.7 Å². The van der Waals surface area contributed by atoms with Gasteiger partial charge in [0, 0.05) is 30.6 Å². The second-order valence-corrected chi connectivity index (χ2v) is 10.0. The SMILES string of the molecule is Cc1ccc(-c2noc3ncnc(N4CCC(C(=O)N(Cc5ccco5)C5CCCC5)CC4)c23)cc1. The molecular formula is C28H31N5O3. The topological polar surface area (TPSA) is 88.5 Å². The van der Waals surface area contributed by atoms with Crippen molar-refractivity contribution in [1.29, 1.82) is 0 Å². The van der Waals surface area contributed by atoms with Gasteiger partial charge in [0.05, 0.1) is 12.8 Å². The fourth-order valence-corrected chi connectivity index (χ4v) is 5.67. The van der Waals surface area contributed by atoms with Gasteiger partial charge in [0.25, 0.3) is 5.71 Å². The van der Waals surface area contributed by atoms with E-state index in [1.54, 1.807) is 6.26 Å². The van der Waals surface area contributed by atoms with Crippen molar-refractivity contribution in [1.82, 2.24) is 20.0 Å². The first kappa shape index (κ1) is 22.8. The van der Waals surface area contributed by atoms with E-state index in [2.05, 4.69) is 44.0 Å². The van der Waals surface area contributed by atoms with Crippen LogP contribution in [0.1, 0.15) is 49.8 Å². The highest BCUT2D eigenvalue weighted by atomic mass is 16.5. The highest BCUT2D eigenvalue weighted by molar-refractivity contribution is 5.98. The number of hydrogen-bond acceptors (Lipinski definition) is 7. The number of furan rings is 1.